The number of rotatable bonds is 30. The van der Waals surface area contributed by atoms with E-state index in [1.165, 1.54) is 103 Å². The van der Waals surface area contributed by atoms with Crippen LogP contribution in [-0.2, 0) is 29.6 Å². The Morgan fingerprint density at radius 3 is 0.978 bits per heavy atom. The summed E-state index contributed by atoms with van der Waals surface area (Å²) in [7, 11) is -7.28. The van der Waals surface area contributed by atoms with Crippen molar-refractivity contribution < 1.29 is 36.6 Å². The molecule has 0 atom stereocenters. The summed E-state index contributed by atoms with van der Waals surface area (Å²) >= 11 is 0. The number of hydrogen-bond acceptors (Lipinski definition) is 8. The van der Waals surface area contributed by atoms with Crippen LogP contribution >= 0.6 is 0 Å². The van der Waals surface area contributed by atoms with Crippen molar-refractivity contribution in [1.29, 1.82) is 0 Å². The van der Waals surface area contributed by atoms with Gasteiger partial charge >= 0.3 is 37.7 Å². The van der Waals surface area contributed by atoms with Crippen LogP contribution in [0, 0.1) is 0 Å². The molecule has 0 spiro atoms. The van der Waals surface area contributed by atoms with E-state index in [0.29, 0.717) is 12.8 Å². The van der Waals surface area contributed by atoms with Crippen molar-refractivity contribution in [2.75, 3.05) is 13.1 Å². The molecule has 2 N–H and O–H groups in total. The van der Waals surface area contributed by atoms with Gasteiger partial charge in [-0.1, -0.05) is 142 Å². The first-order valence-electron chi connectivity index (χ1n) is 16.7. The average molecular weight is 705 g/mol. The molecule has 0 aliphatic rings. The fourth-order valence-corrected chi connectivity index (χ4v) is 5.91. The van der Waals surface area contributed by atoms with E-state index in [1.54, 1.807) is 12.2 Å². The van der Waals surface area contributed by atoms with Crippen LogP contribution in [0.3, 0.4) is 0 Å². The second-order valence-corrected chi connectivity index (χ2v) is 14.5. The number of unbranched alkanes of at least 4 members (excludes halogenated alkanes) is 20. The summed E-state index contributed by atoms with van der Waals surface area (Å²) in [6, 6.07) is 0. The van der Waals surface area contributed by atoms with Crippen LogP contribution in [0.25, 0.3) is 0 Å². The number of nitrogens with one attached hydrogen (secondary N) is 2. The molecule has 0 saturated heterocycles. The van der Waals surface area contributed by atoms with E-state index in [0.717, 1.165) is 36.5 Å². The second-order valence-electron chi connectivity index (χ2n) is 11.2. The maximum Gasteiger partial charge on any atom is 2.00 e. The van der Waals surface area contributed by atoms with Crippen LogP contribution in [-0.4, -0.2) is 79.6 Å². The zero-order chi connectivity index (χ0) is 33.4. The van der Waals surface area contributed by atoms with Crippen LogP contribution in [0.1, 0.15) is 155 Å². The van der Waals surface area contributed by atoms with Crippen LogP contribution in [0.15, 0.2) is 23.0 Å². The summed E-state index contributed by atoms with van der Waals surface area (Å²) in [5.41, 5.74) is 0. The number of carbonyl (C=O) groups excluding carboxylic acids is 2. The van der Waals surface area contributed by atoms with E-state index in [2.05, 4.69) is 13.8 Å². The minimum absolute atomic E-state index is 0. The molecule has 0 heterocycles. The van der Waals surface area contributed by atoms with Gasteiger partial charge in [-0.3, -0.25) is 0 Å². The van der Waals surface area contributed by atoms with Gasteiger partial charge in [0.2, 0.25) is 20.0 Å². The summed E-state index contributed by atoms with van der Waals surface area (Å²) in [6.07, 6.45) is 29.4. The molecule has 0 aromatic carbocycles. The third kappa shape index (κ3) is 43.5. The number of aliphatic carboxylic acids is 2. The first-order valence-corrected chi connectivity index (χ1v) is 19.8. The molecule has 0 amide bonds. The molecule has 260 valence electrons. The van der Waals surface area contributed by atoms with E-state index >= 15 is 0 Å². The Morgan fingerprint density at radius 1 is 0.489 bits per heavy atom. The van der Waals surface area contributed by atoms with Crippen molar-refractivity contribution in [2.45, 2.75) is 155 Å². The largest absolute Gasteiger partial charge is 2.00 e. The monoisotopic (exact) mass is 704 g/mol. The minimum Gasteiger partial charge on any atom is -0.549 e. The molecule has 0 aromatic rings. The molecular weight excluding hydrogens is 645 g/mol. The zero-order valence-electron chi connectivity index (χ0n) is 28.1. The number of carboxylic acids is 2. The Morgan fingerprint density at radius 2 is 0.733 bits per heavy atom. The average Bonchev–Trinajstić information content (AvgIpc) is 2.96. The smallest absolute Gasteiger partial charge is 0.549 e. The standard InChI is InChI=1S/2C16H31NO4S.Ca/c2*1-2-3-4-5-6-7-8-9-10-11-12-13-14-22(20,21)17-15-16(18)19;/h2*13-14,17H,2-12,15H2,1H3,(H,18,19);/q;;+2/p-2/b2*14-13+;. The molecular formula is C32H60CaN2O8S2. The van der Waals surface area contributed by atoms with Crippen molar-refractivity contribution in [3.63, 3.8) is 0 Å². The summed E-state index contributed by atoms with van der Waals surface area (Å²) in [5, 5.41) is 22.4. The quantitative estimate of drug-likeness (QED) is 0.0808. The number of carbonyl (C=O) groups is 2. The third-order valence-electron chi connectivity index (χ3n) is 6.83. The van der Waals surface area contributed by atoms with Gasteiger partial charge in [-0.25, -0.2) is 26.3 Å². The fraction of sp³-hybridized carbons (Fsp3) is 0.812. The van der Waals surface area contributed by atoms with Gasteiger partial charge in [0.25, 0.3) is 0 Å². The van der Waals surface area contributed by atoms with Gasteiger partial charge in [0.1, 0.15) is 0 Å². The molecule has 0 fully saturated rings. The minimum atomic E-state index is -3.64. The van der Waals surface area contributed by atoms with Gasteiger partial charge < -0.3 is 19.8 Å². The molecule has 0 bridgehead atoms. The van der Waals surface area contributed by atoms with Crippen molar-refractivity contribution in [3.05, 3.63) is 23.0 Å². The van der Waals surface area contributed by atoms with Crippen LogP contribution in [0.5, 0.6) is 0 Å². The molecule has 0 aromatic heterocycles. The molecule has 13 heteroatoms. The Hall–Kier alpha value is -0.500. The molecule has 0 rings (SSSR count). The van der Waals surface area contributed by atoms with E-state index < -0.39 is 45.1 Å². The Bertz CT molecular complexity index is 894. The maximum absolute atomic E-state index is 11.3. The normalized spacial score (nSPS) is 11.8. The van der Waals surface area contributed by atoms with Crippen molar-refractivity contribution in [2.24, 2.45) is 0 Å². The molecule has 0 aliphatic carbocycles. The van der Waals surface area contributed by atoms with Crippen LogP contribution in [0.4, 0.5) is 0 Å². The fourth-order valence-electron chi connectivity index (χ4n) is 4.30. The van der Waals surface area contributed by atoms with Gasteiger partial charge in [-0.2, -0.15) is 0 Å². The molecule has 45 heavy (non-hydrogen) atoms. The molecule has 10 nitrogen and oxygen atoms in total. The molecule has 0 radical (unpaired) electrons. The van der Waals surface area contributed by atoms with Gasteiger partial charge in [0.05, 0.1) is 25.0 Å². The Kier molecular flexibility index (Phi) is 37.8. The molecule has 0 aliphatic heterocycles. The zero-order valence-corrected chi connectivity index (χ0v) is 31.9. The molecule has 0 unspecified atom stereocenters. The summed E-state index contributed by atoms with van der Waals surface area (Å²) < 4.78 is 49.2. The van der Waals surface area contributed by atoms with Crippen molar-refractivity contribution >= 4 is 69.7 Å². The van der Waals surface area contributed by atoms with Crippen molar-refractivity contribution in [1.82, 2.24) is 9.44 Å². The SMILES string of the molecule is CCCCCCCCCCCC/C=C/S(=O)(=O)NCC(=O)[O-].CCCCCCCCCCCC/C=C/S(=O)(=O)NCC(=O)[O-].[Ca+2]. The van der Waals surface area contributed by atoms with Crippen LogP contribution in [0.2, 0.25) is 0 Å². The predicted octanol–water partition coefficient (Wildman–Crippen LogP) is 4.58. The third-order valence-corrected chi connectivity index (χ3v) is 9.03. The van der Waals surface area contributed by atoms with Crippen LogP contribution < -0.4 is 19.7 Å². The summed E-state index contributed by atoms with van der Waals surface area (Å²) in [6.45, 7) is 3.06. The Labute approximate surface area is 304 Å². The summed E-state index contributed by atoms with van der Waals surface area (Å²) in [4.78, 5) is 20.3. The van der Waals surface area contributed by atoms with Crippen molar-refractivity contribution in [3.8, 4) is 0 Å². The van der Waals surface area contributed by atoms with Gasteiger partial charge in [0.15, 0.2) is 0 Å². The number of carboxylic acid groups (broad SMARTS) is 2. The summed E-state index contributed by atoms with van der Waals surface area (Å²) in [5.74, 6) is -2.88. The van der Waals surface area contributed by atoms with E-state index in [4.69, 9.17) is 0 Å². The van der Waals surface area contributed by atoms with Gasteiger partial charge in [0, 0.05) is 10.8 Å². The van der Waals surface area contributed by atoms with E-state index in [1.807, 2.05) is 9.44 Å². The number of allylic oxidation sites excluding steroid dienone is 2. The van der Waals surface area contributed by atoms with E-state index in [-0.39, 0.29) is 37.7 Å². The molecule has 0 saturated carbocycles. The second kappa shape index (κ2) is 34.8. The van der Waals surface area contributed by atoms with Gasteiger partial charge in [-0.15, -0.1) is 0 Å². The maximum atomic E-state index is 11.3. The number of sulfonamides is 2. The first kappa shape index (κ1) is 48.9. The predicted molar refractivity (Wildman–Crippen MR) is 181 cm³/mol. The first-order chi connectivity index (χ1) is 21.0. The van der Waals surface area contributed by atoms with Gasteiger partial charge in [-0.05, 0) is 25.7 Å². The van der Waals surface area contributed by atoms with E-state index in [9.17, 15) is 36.6 Å². The number of hydrogen-bond donors (Lipinski definition) is 2. The topological polar surface area (TPSA) is 173 Å². The Balaban J connectivity index is -0.000000767.